The molecule has 0 saturated carbocycles. The van der Waals surface area contributed by atoms with Crippen LogP contribution >= 0.6 is 23.2 Å². The van der Waals surface area contributed by atoms with Crippen molar-refractivity contribution in [2.24, 2.45) is 0 Å². The second-order valence-corrected chi connectivity index (χ2v) is 5.22. The van der Waals surface area contributed by atoms with Gasteiger partial charge in [0.2, 0.25) is 11.7 Å². The number of halogens is 4. The highest BCUT2D eigenvalue weighted by Gasteiger charge is 2.35. The zero-order valence-electron chi connectivity index (χ0n) is 10.9. The van der Waals surface area contributed by atoms with Crippen LogP contribution in [0.1, 0.15) is 11.4 Å². The van der Waals surface area contributed by atoms with Gasteiger partial charge in [0.05, 0.1) is 0 Å². The Morgan fingerprint density at radius 2 is 1.91 bits per heavy atom. The highest BCUT2D eigenvalue weighted by atomic mass is 35.5. The lowest BCUT2D eigenvalue weighted by Crippen LogP contribution is -2.12. The lowest BCUT2D eigenvalue weighted by Gasteiger charge is -2.08. The van der Waals surface area contributed by atoms with E-state index in [1.807, 2.05) is 6.07 Å². The summed E-state index contributed by atoms with van der Waals surface area (Å²) in [4.78, 5) is 0. The smallest absolute Gasteiger partial charge is 0.383 e. The predicted molar refractivity (Wildman–Crippen MR) is 76.3 cm³/mol. The molecule has 0 fully saturated rings. The van der Waals surface area contributed by atoms with Crippen molar-refractivity contribution in [2.45, 2.75) is 12.0 Å². The van der Waals surface area contributed by atoms with Gasteiger partial charge in [-0.1, -0.05) is 29.8 Å². The third kappa shape index (κ3) is 2.95. The summed E-state index contributed by atoms with van der Waals surface area (Å²) in [6.07, 6.45) is 0. The van der Waals surface area contributed by atoms with Crippen LogP contribution < -0.4 is 4.74 Å². The van der Waals surface area contributed by atoms with Crippen molar-refractivity contribution in [1.82, 2.24) is 19.8 Å². The summed E-state index contributed by atoms with van der Waals surface area (Å²) in [5, 5.41) is 7.68. The molecule has 0 N–H and O–H groups in total. The van der Waals surface area contributed by atoms with Crippen molar-refractivity contribution in [3.63, 3.8) is 0 Å². The van der Waals surface area contributed by atoms with E-state index in [-0.39, 0.29) is 18.1 Å². The summed E-state index contributed by atoms with van der Waals surface area (Å²) < 4.78 is 32.7. The van der Waals surface area contributed by atoms with Crippen molar-refractivity contribution in [1.29, 1.82) is 0 Å². The molecule has 22 heavy (non-hydrogen) atoms. The molecule has 0 amide bonds. The largest absolute Gasteiger partial charge is 0.472 e. The van der Waals surface area contributed by atoms with Gasteiger partial charge in [0.25, 0.3) is 0 Å². The zero-order chi connectivity index (χ0) is 15.7. The van der Waals surface area contributed by atoms with Gasteiger partial charge in [0.15, 0.2) is 5.65 Å². The molecule has 3 aromatic rings. The number of alkyl halides is 3. The van der Waals surface area contributed by atoms with Gasteiger partial charge in [-0.25, -0.2) is 0 Å². The molecule has 0 saturated heterocycles. The molecule has 114 valence electrons. The standard InChI is InChI=1S/C13H8Cl2F2N4O/c14-9-4-2-1-3-8(9)7-22-11-6-5-10-18-19-12(13(15,16)17)21(10)20-11/h1-6H,7H2. The Balaban J connectivity index is 1.87. The first-order valence-electron chi connectivity index (χ1n) is 6.11. The summed E-state index contributed by atoms with van der Waals surface area (Å²) in [6, 6.07) is 10.1. The fourth-order valence-corrected chi connectivity index (χ4v) is 2.10. The van der Waals surface area contributed by atoms with Gasteiger partial charge >= 0.3 is 5.38 Å². The van der Waals surface area contributed by atoms with Crippen LogP contribution in [0, 0.1) is 0 Å². The molecule has 0 bridgehead atoms. The molecule has 0 unspecified atom stereocenters. The lowest BCUT2D eigenvalue weighted by molar-refractivity contribution is 0.0817. The third-order valence-corrected chi connectivity index (χ3v) is 3.36. The number of nitrogens with zero attached hydrogens (tertiary/aromatic N) is 4. The third-order valence-electron chi connectivity index (χ3n) is 2.83. The SMILES string of the molecule is FC(F)(Cl)c1nnc2ccc(OCc3ccccc3Cl)nn12. The maximum atomic E-state index is 13.2. The van der Waals surface area contributed by atoms with Gasteiger partial charge in [-0.15, -0.1) is 15.3 Å². The molecule has 0 aliphatic carbocycles. The highest BCUT2D eigenvalue weighted by Crippen LogP contribution is 2.30. The molecule has 5 nitrogen and oxygen atoms in total. The highest BCUT2D eigenvalue weighted by molar-refractivity contribution is 6.31. The summed E-state index contributed by atoms with van der Waals surface area (Å²) in [7, 11) is 0. The average Bonchev–Trinajstić information content (AvgIpc) is 2.89. The van der Waals surface area contributed by atoms with Crippen LogP contribution in [0.5, 0.6) is 5.88 Å². The van der Waals surface area contributed by atoms with Crippen LogP contribution in [0.4, 0.5) is 8.78 Å². The number of fused-ring (bicyclic) bond motifs is 1. The van der Waals surface area contributed by atoms with Gasteiger partial charge in [-0.2, -0.15) is 13.3 Å². The average molecular weight is 345 g/mol. The van der Waals surface area contributed by atoms with Crippen molar-refractivity contribution in [2.75, 3.05) is 0 Å². The monoisotopic (exact) mass is 344 g/mol. The van der Waals surface area contributed by atoms with E-state index < -0.39 is 11.2 Å². The molecule has 0 aliphatic rings. The second kappa shape index (κ2) is 5.66. The van der Waals surface area contributed by atoms with E-state index in [0.717, 1.165) is 10.1 Å². The predicted octanol–water partition coefficient (Wildman–Crippen LogP) is 3.64. The Morgan fingerprint density at radius 3 is 2.64 bits per heavy atom. The van der Waals surface area contributed by atoms with Crippen molar-refractivity contribution >= 4 is 28.8 Å². The summed E-state index contributed by atoms with van der Waals surface area (Å²) in [5.74, 6) is -0.651. The Morgan fingerprint density at radius 1 is 1.14 bits per heavy atom. The van der Waals surface area contributed by atoms with Crippen molar-refractivity contribution in [3.05, 3.63) is 52.8 Å². The molecule has 0 atom stereocenters. The Kier molecular flexibility index (Phi) is 3.84. The fourth-order valence-electron chi connectivity index (χ4n) is 1.79. The van der Waals surface area contributed by atoms with E-state index >= 15 is 0 Å². The van der Waals surface area contributed by atoms with E-state index in [1.54, 1.807) is 18.2 Å². The number of hydrogen-bond donors (Lipinski definition) is 0. The first kappa shape index (κ1) is 14.9. The molecule has 0 aliphatic heterocycles. The van der Waals surface area contributed by atoms with E-state index in [2.05, 4.69) is 15.3 Å². The maximum absolute atomic E-state index is 13.2. The van der Waals surface area contributed by atoms with E-state index in [0.29, 0.717) is 5.02 Å². The second-order valence-electron chi connectivity index (χ2n) is 4.34. The normalized spacial score (nSPS) is 11.8. The van der Waals surface area contributed by atoms with Crippen LogP contribution in [-0.2, 0) is 12.0 Å². The van der Waals surface area contributed by atoms with Crippen LogP contribution in [0.2, 0.25) is 5.02 Å². The first-order valence-corrected chi connectivity index (χ1v) is 6.86. The van der Waals surface area contributed by atoms with Gasteiger partial charge in [0, 0.05) is 16.7 Å². The molecule has 2 aromatic heterocycles. The van der Waals surface area contributed by atoms with Gasteiger partial charge in [0.1, 0.15) is 6.61 Å². The first-order chi connectivity index (χ1) is 10.4. The van der Waals surface area contributed by atoms with Gasteiger partial charge in [-0.3, -0.25) is 0 Å². The molecule has 0 spiro atoms. The summed E-state index contributed by atoms with van der Waals surface area (Å²) in [5.41, 5.74) is 0.887. The molecule has 9 heteroatoms. The van der Waals surface area contributed by atoms with E-state index in [1.165, 1.54) is 12.1 Å². The Labute approximate surface area is 133 Å². The van der Waals surface area contributed by atoms with Gasteiger partial charge in [-0.05, 0) is 23.7 Å². The van der Waals surface area contributed by atoms with Crippen LogP contribution in [-0.4, -0.2) is 19.8 Å². The Bertz CT molecular complexity index is 819. The minimum Gasteiger partial charge on any atom is -0.472 e. The van der Waals surface area contributed by atoms with Gasteiger partial charge < -0.3 is 4.74 Å². The van der Waals surface area contributed by atoms with Crippen LogP contribution in [0.25, 0.3) is 5.65 Å². The summed E-state index contributed by atoms with van der Waals surface area (Å²) in [6.45, 7) is 0.146. The van der Waals surface area contributed by atoms with E-state index in [9.17, 15) is 8.78 Å². The van der Waals surface area contributed by atoms with Crippen LogP contribution in [0.3, 0.4) is 0 Å². The number of rotatable bonds is 4. The quantitative estimate of drug-likeness (QED) is 0.678. The van der Waals surface area contributed by atoms with Crippen molar-refractivity contribution < 1.29 is 13.5 Å². The zero-order valence-corrected chi connectivity index (χ0v) is 12.4. The minimum atomic E-state index is -3.67. The number of aromatic nitrogens is 4. The Hall–Kier alpha value is -1.99. The molecule has 2 heterocycles. The molecule has 0 radical (unpaired) electrons. The van der Waals surface area contributed by atoms with Crippen molar-refractivity contribution in [3.8, 4) is 5.88 Å². The summed E-state index contributed by atoms with van der Waals surface area (Å²) >= 11 is 11.0. The number of benzene rings is 1. The van der Waals surface area contributed by atoms with Crippen LogP contribution in [0.15, 0.2) is 36.4 Å². The number of ether oxygens (including phenoxy) is 1. The molecule has 3 rings (SSSR count). The topological polar surface area (TPSA) is 52.3 Å². The molecular weight excluding hydrogens is 337 g/mol. The molecule has 1 aromatic carbocycles. The lowest BCUT2D eigenvalue weighted by atomic mass is 10.2. The maximum Gasteiger partial charge on any atom is 0.383 e. The number of hydrogen-bond acceptors (Lipinski definition) is 4. The van der Waals surface area contributed by atoms with E-state index in [4.69, 9.17) is 27.9 Å². The fraction of sp³-hybridized carbons (Fsp3) is 0.154. The minimum absolute atomic E-state index is 0.120. The molecular formula is C13H8Cl2F2N4O.